The van der Waals surface area contributed by atoms with Gasteiger partial charge in [-0.1, -0.05) is 13.8 Å². The molecule has 0 aromatic heterocycles. The number of aliphatic hydroxyl groups is 1. The fraction of sp³-hybridized carbons (Fsp3) is 1.00. The molecule has 0 aliphatic carbocycles. The van der Waals surface area contributed by atoms with Gasteiger partial charge in [0, 0.05) is 18.8 Å². The quantitative estimate of drug-likeness (QED) is 0.587. The van der Waals surface area contributed by atoms with E-state index in [2.05, 4.69) is 18.7 Å². The van der Waals surface area contributed by atoms with E-state index in [9.17, 15) is 0 Å². The molecule has 0 saturated carbocycles. The van der Waals surface area contributed by atoms with Crippen LogP contribution in [0.1, 0.15) is 20.3 Å². The van der Waals surface area contributed by atoms with Gasteiger partial charge in [-0.2, -0.15) is 11.8 Å². The molecule has 0 spiro atoms. The van der Waals surface area contributed by atoms with Gasteiger partial charge in [0.1, 0.15) is 0 Å². The van der Waals surface area contributed by atoms with Gasteiger partial charge < -0.3 is 10.0 Å². The molecule has 0 amide bonds. The molecule has 0 aliphatic rings. The molecule has 74 valence electrons. The summed E-state index contributed by atoms with van der Waals surface area (Å²) in [6.45, 7) is 7.71. The summed E-state index contributed by atoms with van der Waals surface area (Å²) in [6.07, 6.45) is 1.18. The van der Waals surface area contributed by atoms with E-state index >= 15 is 0 Å². The molecule has 0 aliphatic heterocycles. The van der Waals surface area contributed by atoms with Crippen LogP contribution in [-0.4, -0.2) is 47.8 Å². The van der Waals surface area contributed by atoms with Gasteiger partial charge in [0.15, 0.2) is 0 Å². The molecule has 1 N–H and O–H groups in total. The van der Waals surface area contributed by atoms with Crippen molar-refractivity contribution in [2.45, 2.75) is 20.3 Å². The molecule has 0 bridgehead atoms. The van der Waals surface area contributed by atoms with Crippen molar-refractivity contribution in [2.24, 2.45) is 0 Å². The van der Waals surface area contributed by atoms with Gasteiger partial charge in [0.2, 0.25) is 0 Å². The molecule has 0 radical (unpaired) electrons. The second kappa shape index (κ2) is 9.36. The number of nitrogens with zero attached hydrogens (tertiary/aromatic N) is 1. The number of hydrogen-bond acceptors (Lipinski definition) is 3. The summed E-state index contributed by atoms with van der Waals surface area (Å²) < 4.78 is 0. The number of thioether (sulfide) groups is 1. The SMILES string of the molecule is CCCN(CCO)CCSCC. The van der Waals surface area contributed by atoms with Crippen LogP contribution in [0.5, 0.6) is 0 Å². The van der Waals surface area contributed by atoms with Crippen LogP contribution in [0, 0.1) is 0 Å². The second-order valence-electron chi connectivity index (χ2n) is 2.76. The molecule has 0 heterocycles. The first kappa shape index (κ1) is 12.3. The summed E-state index contributed by atoms with van der Waals surface area (Å²) in [5.41, 5.74) is 0. The van der Waals surface area contributed by atoms with Crippen LogP contribution >= 0.6 is 11.8 Å². The minimum Gasteiger partial charge on any atom is -0.395 e. The highest BCUT2D eigenvalue weighted by molar-refractivity contribution is 7.99. The fourth-order valence-corrected chi connectivity index (χ4v) is 1.81. The Hall–Kier alpha value is 0.270. The lowest BCUT2D eigenvalue weighted by Crippen LogP contribution is -2.29. The highest BCUT2D eigenvalue weighted by atomic mass is 32.2. The van der Waals surface area contributed by atoms with Gasteiger partial charge >= 0.3 is 0 Å². The zero-order chi connectivity index (χ0) is 9.23. The first-order chi connectivity index (χ1) is 5.85. The Balaban J connectivity index is 3.34. The van der Waals surface area contributed by atoms with Crippen molar-refractivity contribution in [2.75, 3.05) is 37.7 Å². The highest BCUT2D eigenvalue weighted by Crippen LogP contribution is 2.00. The van der Waals surface area contributed by atoms with Gasteiger partial charge in [-0.3, -0.25) is 0 Å². The van der Waals surface area contributed by atoms with Crippen molar-refractivity contribution in [3.8, 4) is 0 Å². The van der Waals surface area contributed by atoms with Gasteiger partial charge in [0.05, 0.1) is 6.61 Å². The van der Waals surface area contributed by atoms with Crippen LogP contribution in [0.4, 0.5) is 0 Å². The Bertz CT molecular complexity index is 84.6. The summed E-state index contributed by atoms with van der Waals surface area (Å²) in [5, 5.41) is 8.77. The molecule has 0 saturated heterocycles. The van der Waals surface area contributed by atoms with E-state index in [1.165, 1.54) is 17.9 Å². The van der Waals surface area contributed by atoms with Crippen molar-refractivity contribution < 1.29 is 5.11 Å². The predicted molar refractivity (Wildman–Crippen MR) is 56.8 cm³/mol. The summed E-state index contributed by atoms with van der Waals surface area (Å²) in [4.78, 5) is 2.32. The van der Waals surface area contributed by atoms with Crippen LogP contribution < -0.4 is 0 Å². The van der Waals surface area contributed by atoms with E-state index < -0.39 is 0 Å². The van der Waals surface area contributed by atoms with Crippen LogP contribution in [0.15, 0.2) is 0 Å². The van der Waals surface area contributed by atoms with E-state index in [0.717, 1.165) is 19.6 Å². The Labute approximate surface area is 80.3 Å². The van der Waals surface area contributed by atoms with E-state index in [-0.39, 0.29) is 6.61 Å². The van der Waals surface area contributed by atoms with Crippen molar-refractivity contribution in [1.82, 2.24) is 4.90 Å². The van der Waals surface area contributed by atoms with Crippen LogP contribution in [0.3, 0.4) is 0 Å². The lowest BCUT2D eigenvalue weighted by molar-refractivity contribution is 0.203. The maximum absolute atomic E-state index is 8.77. The molecule has 0 rings (SSSR count). The topological polar surface area (TPSA) is 23.5 Å². The Kier molecular flexibility index (Phi) is 9.57. The minimum atomic E-state index is 0.288. The fourth-order valence-electron chi connectivity index (χ4n) is 1.13. The Morgan fingerprint density at radius 3 is 2.42 bits per heavy atom. The molecule has 0 aromatic rings. The molecule has 0 aromatic carbocycles. The first-order valence-electron chi connectivity index (χ1n) is 4.76. The van der Waals surface area contributed by atoms with Crippen molar-refractivity contribution >= 4 is 11.8 Å². The number of aliphatic hydroxyl groups excluding tert-OH is 1. The Morgan fingerprint density at radius 1 is 1.17 bits per heavy atom. The van der Waals surface area contributed by atoms with Crippen molar-refractivity contribution in [3.05, 3.63) is 0 Å². The molecular weight excluding hydrogens is 170 g/mol. The van der Waals surface area contributed by atoms with E-state index in [0.29, 0.717) is 0 Å². The van der Waals surface area contributed by atoms with Crippen LogP contribution in [-0.2, 0) is 0 Å². The molecule has 0 fully saturated rings. The van der Waals surface area contributed by atoms with Gasteiger partial charge in [-0.05, 0) is 18.7 Å². The standard InChI is InChI=1S/C9H21NOS/c1-3-5-10(6-8-11)7-9-12-4-2/h11H,3-9H2,1-2H3. The molecular formula is C9H21NOS. The summed E-state index contributed by atoms with van der Waals surface area (Å²) in [5.74, 6) is 2.38. The zero-order valence-electron chi connectivity index (χ0n) is 8.25. The maximum Gasteiger partial charge on any atom is 0.0558 e. The lowest BCUT2D eigenvalue weighted by atomic mass is 10.4. The number of rotatable bonds is 8. The van der Waals surface area contributed by atoms with Gasteiger partial charge in [0.25, 0.3) is 0 Å². The average molecular weight is 191 g/mol. The number of hydrogen-bond donors (Lipinski definition) is 1. The zero-order valence-corrected chi connectivity index (χ0v) is 9.07. The Morgan fingerprint density at radius 2 is 1.92 bits per heavy atom. The van der Waals surface area contributed by atoms with E-state index in [1.54, 1.807) is 0 Å². The normalized spacial score (nSPS) is 11.0. The summed E-state index contributed by atoms with van der Waals surface area (Å²) in [6, 6.07) is 0. The first-order valence-corrected chi connectivity index (χ1v) is 5.91. The van der Waals surface area contributed by atoms with E-state index in [1.807, 2.05) is 11.8 Å². The lowest BCUT2D eigenvalue weighted by Gasteiger charge is -2.19. The minimum absolute atomic E-state index is 0.288. The van der Waals surface area contributed by atoms with Crippen LogP contribution in [0.2, 0.25) is 0 Å². The van der Waals surface area contributed by atoms with Crippen molar-refractivity contribution in [3.63, 3.8) is 0 Å². The predicted octanol–water partition coefficient (Wildman–Crippen LogP) is 1.44. The largest absolute Gasteiger partial charge is 0.395 e. The molecule has 2 nitrogen and oxygen atoms in total. The smallest absolute Gasteiger partial charge is 0.0558 e. The van der Waals surface area contributed by atoms with Crippen LogP contribution in [0.25, 0.3) is 0 Å². The molecule has 12 heavy (non-hydrogen) atoms. The average Bonchev–Trinajstić information content (AvgIpc) is 2.06. The summed E-state index contributed by atoms with van der Waals surface area (Å²) >= 11 is 1.96. The highest BCUT2D eigenvalue weighted by Gasteiger charge is 2.01. The molecule has 0 unspecified atom stereocenters. The second-order valence-corrected chi connectivity index (χ2v) is 4.16. The third-order valence-corrected chi connectivity index (χ3v) is 2.59. The van der Waals surface area contributed by atoms with Gasteiger partial charge in [-0.15, -0.1) is 0 Å². The monoisotopic (exact) mass is 191 g/mol. The third-order valence-electron chi connectivity index (χ3n) is 1.71. The van der Waals surface area contributed by atoms with Gasteiger partial charge in [-0.25, -0.2) is 0 Å². The summed E-state index contributed by atoms with van der Waals surface area (Å²) in [7, 11) is 0. The van der Waals surface area contributed by atoms with Crippen molar-refractivity contribution in [1.29, 1.82) is 0 Å². The maximum atomic E-state index is 8.77. The molecule has 3 heteroatoms. The third kappa shape index (κ3) is 6.95. The van der Waals surface area contributed by atoms with E-state index in [4.69, 9.17) is 5.11 Å². The molecule has 0 atom stereocenters.